The van der Waals surface area contributed by atoms with Gasteiger partial charge in [0.05, 0.1) is 38.0 Å². The van der Waals surface area contributed by atoms with E-state index in [-0.39, 0.29) is 34.2 Å². The Bertz CT molecular complexity index is 1800. The van der Waals surface area contributed by atoms with Gasteiger partial charge in [0.25, 0.3) is 17.5 Å². The number of hydrogen-bond acceptors (Lipinski definition) is 9. The summed E-state index contributed by atoms with van der Waals surface area (Å²) < 4.78 is 11.6. The van der Waals surface area contributed by atoms with E-state index < -0.39 is 39.1 Å². The van der Waals surface area contributed by atoms with Crippen molar-refractivity contribution in [3.8, 4) is 17.2 Å². The molecule has 0 spiro atoms. The van der Waals surface area contributed by atoms with E-state index >= 15 is 0 Å². The number of nitrogens with zero attached hydrogens (tertiary/aromatic N) is 4. The van der Waals surface area contributed by atoms with Gasteiger partial charge < -0.3 is 9.47 Å². The van der Waals surface area contributed by atoms with E-state index in [0.717, 1.165) is 28.0 Å². The summed E-state index contributed by atoms with van der Waals surface area (Å²) >= 11 is 1.89. The zero-order valence-corrected chi connectivity index (χ0v) is 24.7. The molecule has 220 valence electrons. The Morgan fingerprint density at radius 2 is 1.32 bits per heavy atom. The lowest BCUT2D eigenvalue weighted by Gasteiger charge is -2.34. The topological polar surface area (TPSA) is 162 Å². The van der Waals surface area contributed by atoms with Gasteiger partial charge in [0, 0.05) is 6.07 Å². The van der Waals surface area contributed by atoms with Gasteiger partial charge in [-0.3, -0.25) is 29.8 Å². The van der Waals surface area contributed by atoms with E-state index in [1.807, 2.05) is 22.6 Å². The lowest BCUT2D eigenvalue weighted by atomic mass is 10.0. The molecule has 0 atom stereocenters. The number of rotatable bonds is 8. The highest BCUT2D eigenvalue weighted by atomic mass is 127. The molecule has 1 aliphatic rings. The average Bonchev–Trinajstić information content (AvgIpc) is 3.01. The smallest absolute Gasteiger partial charge is 0.343 e. The number of urea groups is 1. The van der Waals surface area contributed by atoms with Crippen LogP contribution in [0.25, 0.3) is 6.08 Å². The van der Waals surface area contributed by atoms with Crippen molar-refractivity contribution >= 4 is 69.3 Å². The van der Waals surface area contributed by atoms with Crippen molar-refractivity contribution in [3.05, 3.63) is 126 Å². The van der Waals surface area contributed by atoms with Gasteiger partial charge >= 0.3 is 11.7 Å². The van der Waals surface area contributed by atoms with E-state index in [2.05, 4.69) is 0 Å². The molecular weight excluding hydrogens is 687 g/mol. The molecule has 14 heteroatoms. The monoisotopic (exact) mass is 706 g/mol. The number of carbonyl (C=O) groups excluding carboxylic acids is 3. The first-order valence-electron chi connectivity index (χ1n) is 12.6. The van der Waals surface area contributed by atoms with Crippen LogP contribution in [0, 0.1) is 23.8 Å². The quantitative estimate of drug-likeness (QED) is 0.0655. The molecule has 13 nitrogen and oxygen atoms in total. The minimum Gasteiger partial charge on any atom is -0.493 e. The van der Waals surface area contributed by atoms with Gasteiger partial charge in [0.15, 0.2) is 11.5 Å². The Hall–Kier alpha value is -5.64. The van der Waals surface area contributed by atoms with E-state index in [1.54, 1.807) is 66.7 Å². The highest BCUT2D eigenvalue weighted by molar-refractivity contribution is 14.1. The summed E-state index contributed by atoms with van der Waals surface area (Å²) in [5.74, 6) is -1.80. The molecular formula is C30H19IN4O9. The summed E-state index contributed by atoms with van der Waals surface area (Å²) in [5, 5.41) is 22.7. The number of non-ortho nitro benzene ring substituents is 1. The Morgan fingerprint density at radius 1 is 0.750 bits per heavy atom. The lowest BCUT2D eigenvalue weighted by Crippen LogP contribution is -2.57. The summed E-state index contributed by atoms with van der Waals surface area (Å²) in [4.78, 5) is 63.8. The van der Waals surface area contributed by atoms with Gasteiger partial charge in [-0.2, -0.15) is 0 Å². The molecule has 4 aromatic carbocycles. The van der Waals surface area contributed by atoms with Gasteiger partial charge in [-0.1, -0.05) is 36.4 Å². The lowest BCUT2D eigenvalue weighted by molar-refractivity contribution is -0.394. The van der Waals surface area contributed by atoms with Crippen LogP contribution in [0.4, 0.5) is 27.5 Å². The van der Waals surface area contributed by atoms with Crippen molar-refractivity contribution in [1.82, 2.24) is 0 Å². The predicted molar refractivity (Wildman–Crippen MR) is 167 cm³/mol. The SMILES string of the molecule is COc1cc(C=C2C(=O)N(c3ccccc3)C(=O)N(c3ccccc3)C2=O)cc(I)c1Oc1ccc([N+](=O)[O-])cc1[N+](=O)[O-]. The molecule has 0 aliphatic carbocycles. The largest absolute Gasteiger partial charge is 0.493 e. The predicted octanol–water partition coefficient (Wildman–Crippen LogP) is 6.49. The molecule has 1 aliphatic heterocycles. The number of benzene rings is 4. The van der Waals surface area contributed by atoms with Crippen LogP contribution in [0.1, 0.15) is 5.56 Å². The molecule has 0 bridgehead atoms. The molecule has 1 saturated heterocycles. The normalized spacial score (nSPS) is 13.1. The molecule has 0 aromatic heterocycles. The molecule has 4 amide bonds. The number of hydrogen-bond donors (Lipinski definition) is 0. The summed E-state index contributed by atoms with van der Waals surface area (Å²) in [6.07, 6.45) is 1.31. The van der Waals surface area contributed by atoms with Gasteiger partial charge in [0.2, 0.25) is 5.75 Å². The van der Waals surface area contributed by atoms with E-state index in [9.17, 15) is 34.6 Å². The zero-order chi connectivity index (χ0) is 31.5. The van der Waals surface area contributed by atoms with Crippen molar-refractivity contribution in [2.45, 2.75) is 0 Å². The molecule has 0 saturated carbocycles. The molecule has 4 aromatic rings. The second kappa shape index (κ2) is 12.3. The molecule has 0 radical (unpaired) electrons. The fourth-order valence-electron chi connectivity index (χ4n) is 4.39. The fraction of sp³-hybridized carbons (Fsp3) is 0.0333. The van der Waals surface area contributed by atoms with Crippen molar-refractivity contribution in [3.63, 3.8) is 0 Å². The maximum Gasteiger partial charge on any atom is 0.343 e. The highest BCUT2D eigenvalue weighted by Crippen LogP contribution is 2.42. The third kappa shape index (κ3) is 5.69. The maximum absolute atomic E-state index is 13.7. The van der Waals surface area contributed by atoms with Crippen molar-refractivity contribution in [1.29, 1.82) is 0 Å². The van der Waals surface area contributed by atoms with Gasteiger partial charge in [0.1, 0.15) is 5.57 Å². The summed E-state index contributed by atoms with van der Waals surface area (Å²) in [5.41, 5.74) is -0.570. The number of barbiturate groups is 1. The third-order valence-electron chi connectivity index (χ3n) is 6.40. The summed E-state index contributed by atoms with van der Waals surface area (Å²) in [7, 11) is 1.32. The molecule has 5 rings (SSSR count). The van der Waals surface area contributed by atoms with Gasteiger partial charge in [-0.25, -0.2) is 14.6 Å². The number of amides is 4. The first kappa shape index (κ1) is 29.8. The van der Waals surface area contributed by atoms with Crippen LogP contribution in [0.3, 0.4) is 0 Å². The number of carbonyl (C=O) groups is 3. The Morgan fingerprint density at radius 3 is 1.82 bits per heavy atom. The minimum atomic E-state index is -0.839. The highest BCUT2D eigenvalue weighted by Gasteiger charge is 2.43. The molecule has 0 unspecified atom stereocenters. The first-order chi connectivity index (χ1) is 21.1. The van der Waals surface area contributed by atoms with Crippen LogP contribution in [0.5, 0.6) is 17.2 Å². The number of nitro benzene ring substituents is 2. The number of imide groups is 2. The Kier molecular flexibility index (Phi) is 8.34. The number of methoxy groups -OCH3 is 1. The van der Waals surface area contributed by atoms with Crippen LogP contribution in [0.15, 0.2) is 96.6 Å². The maximum atomic E-state index is 13.7. The fourth-order valence-corrected chi connectivity index (χ4v) is 5.12. The van der Waals surface area contributed by atoms with Crippen LogP contribution in [-0.4, -0.2) is 34.8 Å². The standard InChI is InChI=1S/C30H19IN4O9/c1-43-26-16-18(15-23(31)27(26)44-25-13-12-21(34(39)40)17-24(25)35(41)42)14-22-28(36)32(19-8-4-2-5-9-19)30(38)33(29(22)37)20-10-6-3-7-11-20/h2-17H,1H3. The number of ether oxygens (including phenoxy) is 2. The van der Waals surface area contributed by atoms with E-state index in [1.165, 1.54) is 19.3 Å². The number of para-hydroxylation sites is 2. The van der Waals surface area contributed by atoms with Crippen molar-refractivity contribution in [2.75, 3.05) is 16.9 Å². The van der Waals surface area contributed by atoms with E-state index in [4.69, 9.17) is 9.47 Å². The van der Waals surface area contributed by atoms with Crippen LogP contribution < -0.4 is 19.3 Å². The average molecular weight is 706 g/mol. The van der Waals surface area contributed by atoms with Crippen molar-refractivity contribution < 1.29 is 33.7 Å². The van der Waals surface area contributed by atoms with Crippen LogP contribution >= 0.6 is 22.6 Å². The van der Waals surface area contributed by atoms with E-state index in [0.29, 0.717) is 9.13 Å². The number of halogens is 1. The minimum absolute atomic E-state index is 0.0560. The summed E-state index contributed by atoms with van der Waals surface area (Å²) in [6, 6.07) is 21.5. The van der Waals surface area contributed by atoms with Gasteiger partial charge in [-0.05, 0) is 76.7 Å². The molecule has 1 heterocycles. The third-order valence-corrected chi connectivity index (χ3v) is 7.20. The van der Waals surface area contributed by atoms with Crippen LogP contribution in [-0.2, 0) is 9.59 Å². The van der Waals surface area contributed by atoms with Gasteiger partial charge in [-0.15, -0.1) is 0 Å². The molecule has 44 heavy (non-hydrogen) atoms. The second-order valence-electron chi connectivity index (χ2n) is 9.10. The first-order valence-corrected chi connectivity index (χ1v) is 13.7. The van der Waals surface area contributed by atoms with Crippen LogP contribution in [0.2, 0.25) is 0 Å². The second-order valence-corrected chi connectivity index (χ2v) is 10.3. The Labute approximate surface area is 262 Å². The number of nitro groups is 2. The van der Waals surface area contributed by atoms with Crippen molar-refractivity contribution in [2.24, 2.45) is 0 Å². The molecule has 1 fully saturated rings. The summed E-state index contributed by atoms with van der Waals surface area (Å²) in [6.45, 7) is 0. The number of anilines is 2. The zero-order valence-electron chi connectivity index (χ0n) is 22.6. The molecule has 0 N–H and O–H groups in total. The Balaban J connectivity index is 1.58.